The van der Waals surface area contributed by atoms with Gasteiger partial charge in [-0.15, -0.1) is 0 Å². The lowest BCUT2D eigenvalue weighted by Gasteiger charge is -2.27. The second-order valence-electron chi connectivity index (χ2n) is 4.39. The Labute approximate surface area is 116 Å². The number of nitrogens with one attached hydrogen (secondary N) is 1. The van der Waals surface area contributed by atoms with E-state index in [4.69, 9.17) is 4.74 Å². The number of rotatable bonds is 4. The first kappa shape index (κ1) is 14.1. The van der Waals surface area contributed by atoms with E-state index in [0.29, 0.717) is 5.82 Å². The van der Waals surface area contributed by atoms with E-state index in [-0.39, 0.29) is 5.56 Å². The van der Waals surface area contributed by atoms with Crippen LogP contribution in [-0.4, -0.2) is 18.0 Å². The summed E-state index contributed by atoms with van der Waals surface area (Å²) in [5.41, 5.74) is -1.25. The number of carbonyl (C=O) groups excluding carboxylic acids is 1. The van der Waals surface area contributed by atoms with Gasteiger partial charge < -0.3 is 10.1 Å². The number of aromatic nitrogens is 1. The van der Waals surface area contributed by atoms with Gasteiger partial charge in [0.15, 0.2) is 5.60 Å². The number of carbonyl (C=O) groups is 1. The molecule has 0 unspecified atom stereocenters. The zero-order valence-corrected chi connectivity index (χ0v) is 11.3. The molecule has 5 heteroatoms. The van der Waals surface area contributed by atoms with E-state index in [9.17, 15) is 9.18 Å². The molecule has 0 aliphatic rings. The van der Waals surface area contributed by atoms with Crippen molar-refractivity contribution in [3.63, 3.8) is 0 Å². The third-order valence-corrected chi connectivity index (χ3v) is 3.14. The van der Waals surface area contributed by atoms with Crippen LogP contribution in [0.25, 0.3) is 0 Å². The zero-order valence-electron chi connectivity index (χ0n) is 11.3. The Bertz CT molecular complexity index is 604. The van der Waals surface area contributed by atoms with Crippen LogP contribution in [0.15, 0.2) is 48.7 Å². The van der Waals surface area contributed by atoms with E-state index in [0.717, 1.165) is 0 Å². The highest BCUT2D eigenvalue weighted by Gasteiger charge is 2.37. The quantitative estimate of drug-likeness (QED) is 0.932. The fraction of sp³-hybridized carbons (Fsp3) is 0.200. The van der Waals surface area contributed by atoms with Gasteiger partial charge in [0.05, 0.1) is 0 Å². The van der Waals surface area contributed by atoms with Crippen molar-refractivity contribution in [2.24, 2.45) is 0 Å². The van der Waals surface area contributed by atoms with Crippen molar-refractivity contribution in [2.75, 3.05) is 12.4 Å². The van der Waals surface area contributed by atoms with Crippen LogP contribution in [0.5, 0.6) is 0 Å². The topological polar surface area (TPSA) is 51.2 Å². The summed E-state index contributed by atoms with van der Waals surface area (Å²) in [4.78, 5) is 16.4. The number of amides is 1. The second-order valence-corrected chi connectivity index (χ2v) is 4.39. The predicted molar refractivity (Wildman–Crippen MR) is 73.6 cm³/mol. The molecule has 0 saturated carbocycles. The van der Waals surface area contributed by atoms with Gasteiger partial charge in [0.2, 0.25) is 0 Å². The van der Waals surface area contributed by atoms with Crippen molar-refractivity contribution in [3.05, 3.63) is 60.0 Å². The molecule has 0 saturated heterocycles. The number of ether oxygens (including phenoxy) is 1. The van der Waals surface area contributed by atoms with Crippen LogP contribution in [0.3, 0.4) is 0 Å². The van der Waals surface area contributed by atoms with Crippen LogP contribution in [0.1, 0.15) is 12.5 Å². The van der Waals surface area contributed by atoms with Gasteiger partial charge in [0.25, 0.3) is 5.91 Å². The lowest BCUT2D eigenvalue weighted by molar-refractivity contribution is -0.137. The van der Waals surface area contributed by atoms with E-state index in [2.05, 4.69) is 10.3 Å². The van der Waals surface area contributed by atoms with E-state index >= 15 is 0 Å². The summed E-state index contributed by atoms with van der Waals surface area (Å²) in [5, 5.41) is 2.62. The maximum absolute atomic E-state index is 13.9. The minimum absolute atomic E-state index is 0.177. The van der Waals surface area contributed by atoms with Crippen LogP contribution in [-0.2, 0) is 15.1 Å². The average Bonchev–Trinajstić information content (AvgIpc) is 2.48. The molecule has 0 aliphatic heterocycles. The molecule has 1 aromatic heterocycles. The molecule has 0 fully saturated rings. The number of anilines is 1. The predicted octanol–water partition coefficient (Wildman–Crippen LogP) is 2.72. The van der Waals surface area contributed by atoms with E-state index in [1.54, 1.807) is 36.5 Å². The molecule has 0 bridgehead atoms. The SMILES string of the molecule is CO[C@](C)(C(=O)Nc1ccccn1)c1ccccc1F. The fourth-order valence-corrected chi connectivity index (χ4v) is 1.85. The average molecular weight is 274 g/mol. The molecule has 0 aliphatic carbocycles. The highest BCUT2D eigenvalue weighted by Crippen LogP contribution is 2.28. The molecule has 2 aromatic rings. The summed E-state index contributed by atoms with van der Waals surface area (Å²) in [6, 6.07) is 11.2. The molecular weight excluding hydrogens is 259 g/mol. The van der Waals surface area contributed by atoms with Gasteiger partial charge >= 0.3 is 0 Å². The van der Waals surface area contributed by atoms with Gasteiger partial charge in [-0.2, -0.15) is 0 Å². The Morgan fingerprint density at radius 1 is 1.25 bits per heavy atom. The molecule has 0 spiro atoms. The number of halogens is 1. The molecule has 1 aromatic carbocycles. The standard InChI is InChI=1S/C15H15FN2O2/c1-15(20-2,11-7-3-4-8-12(11)16)14(19)18-13-9-5-6-10-17-13/h3-10H,1-2H3,(H,17,18,19)/t15-/m0/s1. The van der Waals surface area contributed by atoms with Crippen molar-refractivity contribution in [1.29, 1.82) is 0 Å². The first-order valence-electron chi connectivity index (χ1n) is 6.10. The van der Waals surface area contributed by atoms with Gasteiger partial charge in [-0.25, -0.2) is 9.37 Å². The molecule has 104 valence electrons. The van der Waals surface area contributed by atoms with E-state index in [1.165, 1.54) is 26.2 Å². The molecule has 1 amide bonds. The smallest absolute Gasteiger partial charge is 0.262 e. The van der Waals surface area contributed by atoms with E-state index in [1.807, 2.05) is 0 Å². The maximum Gasteiger partial charge on any atom is 0.262 e. The minimum Gasteiger partial charge on any atom is -0.364 e. The van der Waals surface area contributed by atoms with Crippen LogP contribution in [0.4, 0.5) is 10.2 Å². The number of hydrogen-bond acceptors (Lipinski definition) is 3. The van der Waals surface area contributed by atoms with Gasteiger partial charge in [-0.05, 0) is 25.1 Å². The minimum atomic E-state index is -1.43. The van der Waals surface area contributed by atoms with Gasteiger partial charge in [0.1, 0.15) is 11.6 Å². The molecule has 1 heterocycles. The summed E-state index contributed by atoms with van der Waals surface area (Å²) in [5.74, 6) is -0.589. The first-order chi connectivity index (χ1) is 9.58. The second kappa shape index (κ2) is 5.79. The van der Waals surface area contributed by atoms with Crippen molar-refractivity contribution in [3.8, 4) is 0 Å². The molecule has 4 nitrogen and oxygen atoms in total. The Hall–Kier alpha value is -2.27. The van der Waals surface area contributed by atoms with E-state index < -0.39 is 17.3 Å². The molecule has 0 radical (unpaired) electrons. The summed E-state index contributed by atoms with van der Waals surface area (Å²) in [6.45, 7) is 1.52. The summed E-state index contributed by atoms with van der Waals surface area (Å²) in [7, 11) is 1.37. The van der Waals surface area contributed by atoms with Crippen LogP contribution < -0.4 is 5.32 Å². The molecular formula is C15H15FN2O2. The Morgan fingerprint density at radius 3 is 2.55 bits per heavy atom. The molecule has 1 N–H and O–H groups in total. The van der Waals surface area contributed by atoms with Crippen molar-refractivity contribution < 1.29 is 13.9 Å². The van der Waals surface area contributed by atoms with Gasteiger partial charge in [0, 0.05) is 18.9 Å². The highest BCUT2D eigenvalue weighted by atomic mass is 19.1. The number of benzene rings is 1. The zero-order chi connectivity index (χ0) is 14.6. The normalized spacial score (nSPS) is 13.6. The lowest BCUT2D eigenvalue weighted by atomic mass is 9.94. The molecule has 20 heavy (non-hydrogen) atoms. The lowest BCUT2D eigenvalue weighted by Crippen LogP contribution is -2.40. The first-order valence-corrected chi connectivity index (χ1v) is 6.10. The van der Waals surface area contributed by atoms with Gasteiger partial charge in [-0.3, -0.25) is 4.79 Å². The van der Waals surface area contributed by atoms with Crippen LogP contribution >= 0.6 is 0 Å². The fourth-order valence-electron chi connectivity index (χ4n) is 1.85. The van der Waals surface area contributed by atoms with Gasteiger partial charge in [-0.1, -0.05) is 24.3 Å². The number of methoxy groups -OCH3 is 1. The summed E-state index contributed by atoms with van der Waals surface area (Å²) < 4.78 is 19.2. The summed E-state index contributed by atoms with van der Waals surface area (Å²) in [6.07, 6.45) is 1.56. The molecule has 1 atom stereocenters. The Balaban J connectivity index is 2.31. The summed E-state index contributed by atoms with van der Waals surface area (Å²) >= 11 is 0. The number of pyridine rings is 1. The van der Waals surface area contributed by atoms with Crippen molar-refractivity contribution in [1.82, 2.24) is 4.98 Å². The van der Waals surface area contributed by atoms with Crippen LogP contribution in [0.2, 0.25) is 0 Å². The number of nitrogens with zero attached hydrogens (tertiary/aromatic N) is 1. The van der Waals surface area contributed by atoms with Crippen molar-refractivity contribution >= 4 is 11.7 Å². The Kier molecular flexibility index (Phi) is 4.10. The monoisotopic (exact) mass is 274 g/mol. The third kappa shape index (κ3) is 2.67. The van der Waals surface area contributed by atoms with Crippen molar-refractivity contribution in [2.45, 2.75) is 12.5 Å². The molecule has 2 rings (SSSR count). The third-order valence-electron chi connectivity index (χ3n) is 3.14. The number of hydrogen-bond donors (Lipinski definition) is 1. The maximum atomic E-state index is 13.9. The van der Waals surface area contributed by atoms with Crippen LogP contribution in [0, 0.1) is 5.82 Å². The largest absolute Gasteiger partial charge is 0.364 e. The Morgan fingerprint density at radius 2 is 1.95 bits per heavy atom. The highest BCUT2D eigenvalue weighted by molar-refractivity contribution is 5.97.